The first-order valence-corrected chi connectivity index (χ1v) is 8.98. The van der Waals surface area contributed by atoms with E-state index in [-0.39, 0.29) is 11.9 Å². The maximum absolute atomic E-state index is 13.8. The Morgan fingerprint density at radius 3 is 2.43 bits per heavy atom. The van der Waals surface area contributed by atoms with Gasteiger partial charge < -0.3 is 5.32 Å². The molecule has 3 unspecified atom stereocenters. The number of benzene rings is 1. The normalized spacial score (nSPS) is 27.6. The molecule has 0 aromatic heterocycles. The van der Waals surface area contributed by atoms with Crippen molar-refractivity contribution in [3.05, 3.63) is 34.1 Å². The van der Waals surface area contributed by atoms with Gasteiger partial charge in [0.2, 0.25) is 0 Å². The van der Waals surface area contributed by atoms with Crippen LogP contribution in [0.25, 0.3) is 0 Å². The average molecular weight is 356 g/mol. The molecule has 1 aromatic rings. The zero-order valence-electron chi connectivity index (χ0n) is 13.3. The molecule has 0 spiro atoms. The van der Waals surface area contributed by atoms with E-state index >= 15 is 0 Å². The fourth-order valence-electron chi connectivity index (χ4n) is 3.89. The van der Waals surface area contributed by atoms with Crippen LogP contribution in [0.3, 0.4) is 0 Å². The maximum Gasteiger partial charge on any atom is 0.124 e. The molecule has 1 aromatic carbocycles. The first-order valence-electron chi connectivity index (χ1n) is 8.19. The van der Waals surface area contributed by atoms with Gasteiger partial charge in [-0.15, -0.1) is 0 Å². The molecule has 21 heavy (non-hydrogen) atoms. The Bertz CT molecular complexity index is 432. The van der Waals surface area contributed by atoms with E-state index in [4.69, 9.17) is 0 Å². The summed E-state index contributed by atoms with van der Waals surface area (Å²) in [4.78, 5) is 0. The Hall–Kier alpha value is -0.410. The topological polar surface area (TPSA) is 12.0 Å². The molecule has 3 atom stereocenters. The van der Waals surface area contributed by atoms with E-state index in [1.165, 1.54) is 25.3 Å². The van der Waals surface area contributed by atoms with Gasteiger partial charge in [-0.2, -0.15) is 0 Å². The van der Waals surface area contributed by atoms with Crippen molar-refractivity contribution >= 4 is 15.9 Å². The standard InChI is InChI=1S/C18H27BrFN/c1-4-5-21-18(14-7-12(2)6-13(3)8-14)15-9-16(19)11-17(20)10-15/h9-14,18,21H,4-8H2,1-3H3. The molecule has 1 fully saturated rings. The van der Waals surface area contributed by atoms with Crippen LogP contribution in [0.15, 0.2) is 22.7 Å². The van der Waals surface area contributed by atoms with E-state index in [1.807, 2.05) is 0 Å². The third kappa shape index (κ3) is 4.79. The first-order chi connectivity index (χ1) is 9.99. The van der Waals surface area contributed by atoms with Crippen LogP contribution in [0.4, 0.5) is 4.39 Å². The molecule has 1 N–H and O–H groups in total. The minimum Gasteiger partial charge on any atom is -0.310 e. The van der Waals surface area contributed by atoms with Crippen molar-refractivity contribution in [2.24, 2.45) is 17.8 Å². The van der Waals surface area contributed by atoms with E-state index in [0.29, 0.717) is 5.92 Å². The highest BCUT2D eigenvalue weighted by Gasteiger charge is 2.30. The van der Waals surface area contributed by atoms with Gasteiger partial charge in [0.15, 0.2) is 0 Å². The summed E-state index contributed by atoms with van der Waals surface area (Å²) in [6.07, 6.45) is 4.90. The monoisotopic (exact) mass is 355 g/mol. The van der Waals surface area contributed by atoms with Crippen LogP contribution in [-0.2, 0) is 0 Å². The van der Waals surface area contributed by atoms with Crippen molar-refractivity contribution in [1.82, 2.24) is 5.32 Å². The predicted octanol–water partition coefficient (Wildman–Crippen LogP) is 5.70. The average Bonchev–Trinajstić information content (AvgIpc) is 2.37. The van der Waals surface area contributed by atoms with Crippen LogP contribution in [0.1, 0.15) is 58.1 Å². The van der Waals surface area contributed by atoms with Gasteiger partial charge >= 0.3 is 0 Å². The number of nitrogens with one attached hydrogen (secondary N) is 1. The molecule has 1 aliphatic carbocycles. The largest absolute Gasteiger partial charge is 0.310 e. The molecule has 3 heteroatoms. The van der Waals surface area contributed by atoms with E-state index in [2.05, 4.69) is 48.1 Å². The Kier molecular flexibility index (Phi) is 6.24. The first kappa shape index (κ1) is 17.0. The third-order valence-electron chi connectivity index (χ3n) is 4.54. The molecule has 1 nitrogen and oxygen atoms in total. The number of halogens is 2. The summed E-state index contributed by atoms with van der Waals surface area (Å²) < 4.78 is 14.6. The van der Waals surface area contributed by atoms with Crippen LogP contribution < -0.4 is 5.32 Å². The fourth-order valence-corrected chi connectivity index (χ4v) is 4.38. The van der Waals surface area contributed by atoms with Gasteiger partial charge in [-0.05, 0) is 73.7 Å². The van der Waals surface area contributed by atoms with Gasteiger partial charge in [0, 0.05) is 10.5 Å². The highest BCUT2D eigenvalue weighted by Crippen LogP contribution is 2.40. The summed E-state index contributed by atoms with van der Waals surface area (Å²) in [6.45, 7) is 7.86. The van der Waals surface area contributed by atoms with Crippen molar-refractivity contribution in [1.29, 1.82) is 0 Å². The van der Waals surface area contributed by atoms with Gasteiger partial charge in [-0.3, -0.25) is 0 Å². The van der Waals surface area contributed by atoms with Crippen LogP contribution in [0, 0.1) is 23.6 Å². The van der Waals surface area contributed by atoms with Gasteiger partial charge in [-0.1, -0.05) is 36.7 Å². The lowest BCUT2D eigenvalue weighted by molar-refractivity contribution is 0.176. The van der Waals surface area contributed by atoms with Crippen molar-refractivity contribution in [2.45, 2.75) is 52.5 Å². The lowest BCUT2D eigenvalue weighted by atomic mass is 9.72. The van der Waals surface area contributed by atoms with E-state index in [1.54, 1.807) is 6.07 Å². The maximum atomic E-state index is 13.8. The Morgan fingerprint density at radius 2 is 1.86 bits per heavy atom. The number of rotatable bonds is 5. The second-order valence-corrected chi connectivity index (χ2v) is 7.73. The van der Waals surface area contributed by atoms with E-state index in [0.717, 1.165) is 34.8 Å². The quantitative estimate of drug-likeness (QED) is 0.713. The summed E-state index contributed by atoms with van der Waals surface area (Å²) in [7, 11) is 0. The lowest BCUT2D eigenvalue weighted by Crippen LogP contribution is -2.33. The molecular weight excluding hydrogens is 329 g/mol. The van der Waals surface area contributed by atoms with Crippen LogP contribution in [0.5, 0.6) is 0 Å². The van der Waals surface area contributed by atoms with E-state index < -0.39 is 0 Å². The molecule has 0 saturated heterocycles. The Balaban J connectivity index is 2.24. The second-order valence-electron chi connectivity index (χ2n) is 6.81. The molecule has 0 bridgehead atoms. The molecule has 118 valence electrons. The number of hydrogen-bond acceptors (Lipinski definition) is 1. The molecule has 0 radical (unpaired) electrons. The summed E-state index contributed by atoms with van der Waals surface area (Å²) in [5.74, 6) is 1.98. The van der Waals surface area contributed by atoms with Gasteiger partial charge in [-0.25, -0.2) is 4.39 Å². The summed E-state index contributed by atoms with van der Waals surface area (Å²) >= 11 is 3.43. The molecule has 0 amide bonds. The van der Waals surface area contributed by atoms with Crippen LogP contribution in [0.2, 0.25) is 0 Å². The van der Waals surface area contributed by atoms with Crippen molar-refractivity contribution in [3.63, 3.8) is 0 Å². The summed E-state index contributed by atoms with van der Waals surface area (Å²) in [6, 6.07) is 5.57. The van der Waals surface area contributed by atoms with Gasteiger partial charge in [0.1, 0.15) is 5.82 Å². The lowest BCUT2D eigenvalue weighted by Gasteiger charge is -2.37. The van der Waals surface area contributed by atoms with Crippen molar-refractivity contribution in [3.8, 4) is 0 Å². The number of hydrogen-bond donors (Lipinski definition) is 1. The van der Waals surface area contributed by atoms with Gasteiger partial charge in [0.05, 0.1) is 0 Å². The minimum atomic E-state index is -0.153. The van der Waals surface area contributed by atoms with Gasteiger partial charge in [0.25, 0.3) is 0 Å². The zero-order valence-corrected chi connectivity index (χ0v) is 14.9. The molecule has 1 saturated carbocycles. The highest BCUT2D eigenvalue weighted by atomic mass is 79.9. The molecule has 1 aliphatic rings. The van der Waals surface area contributed by atoms with E-state index in [9.17, 15) is 4.39 Å². The van der Waals surface area contributed by atoms with Crippen molar-refractivity contribution in [2.75, 3.05) is 6.54 Å². The minimum absolute atomic E-state index is 0.153. The highest BCUT2D eigenvalue weighted by molar-refractivity contribution is 9.10. The molecule has 0 heterocycles. The van der Waals surface area contributed by atoms with Crippen LogP contribution in [-0.4, -0.2) is 6.54 Å². The Labute approximate surface area is 136 Å². The molecule has 0 aliphatic heterocycles. The summed E-state index contributed by atoms with van der Waals surface area (Å²) in [5, 5.41) is 3.66. The predicted molar refractivity (Wildman–Crippen MR) is 90.8 cm³/mol. The molecule has 2 rings (SSSR count). The second kappa shape index (κ2) is 7.73. The Morgan fingerprint density at radius 1 is 1.19 bits per heavy atom. The third-order valence-corrected chi connectivity index (χ3v) is 5.00. The zero-order chi connectivity index (χ0) is 15.4. The van der Waals surface area contributed by atoms with Crippen molar-refractivity contribution < 1.29 is 4.39 Å². The fraction of sp³-hybridized carbons (Fsp3) is 0.667. The van der Waals surface area contributed by atoms with Crippen LogP contribution >= 0.6 is 15.9 Å². The summed E-state index contributed by atoms with van der Waals surface area (Å²) in [5.41, 5.74) is 1.08. The molecular formula is C18H27BrFN. The smallest absolute Gasteiger partial charge is 0.124 e. The SMILES string of the molecule is CCCNC(c1cc(F)cc(Br)c1)C1CC(C)CC(C)C1.